The number of unbranched alkanes of at least 4 members (excludes halogenated alkanes) is 1. The third-order valence-electron chi connectivity index (χ3n) is 2.65. The Balaban J connectivity index is 0.000000631. The van der Waals surface area contributed by atoms with E-state index in [1.165, 1.54) is 12.8 Å². The van der Waals surface area contributed by atoms with E-state index in [0.29, 0.717) is 11.4 Å². The van der Waals surface area contributed by atoms with Crippen LogP contribution in [0, 0.1) is 0 Å². The van der Waals surface area contributed by atoms with Gasteiger partial charge in [0.1, 0.15) is 0 Å². The second kappa shape index (κ2) is 7.53. The highest BCUT2D eigenvalue weighted by molar-refractivity contribution is 5.94. The molecule has 102 valence electrons. The minimum absolute atomic E-state index is 0.0324. The fraction of sp³-hybridized carbons (Fsp3) is 0.538. The maximum Gasteiger partial charge on any atom is 0.333 e. The first-order valence-corrected chi connectivity index (χ1v) is 5.98. The number of hydrogen-bond donors (Lipinski definition) is 3. The van der Waals surface area contributed by atoms with Crippen LogP contribution in [0.3, 0.4) is 0 Å². The highest BCUT2D eigenvalue weighted by Crippen LogP contribution is 2.22. The summed E-state index contributed by atoms with van der Waals surface area (Å²) < 4.78 is 0. The summed E-state index contributed by atoms with van der Waals surface area (Å²) >= 11 is 0. The Kier molecular flexibility index (Phi) is 6.78. The number of nitrogens with one attached hydrogen (secondary N) is 1. The predicted molar refractivity (Wildman–Crippen MR) is 69.0 cm³/mol. The monoisotopic (exact) mass is 255 g/mol. The molecule has 0 atom stereocenters. The van der Waals surface area contributed by atoms with Gasteiger partial charge in [0.05, 0.1) is 11.1 Å². The van der Waals surface area contributed by atoms with E-state index in [9.17, 15) is 9.59 Å². The molecule has 0 aromatic carbocycles. The highest BCUT2D eigenvalue weighted by Gasteiger charge is 2.24. The lowest BCUT2D eigenvalue weighted by molar-refractivity contribution is -0.133. The maximum absolute atomic E-state index is 10.7. The van der Waals surface area contributed by atoms with Crippen molar-refractivity contribution in [2.75, 3.05) is 0 Å². The molecule has 3 N–H and O–H groups in total. The van der Waals surface area contributed by atoms with Crippen LogP contribution in [-0.4, -0.2) is 22.2 Å². The van der Waals surface area contributed by atoms with Gasteiger partial charge in [-0.1, -0.05) is 26.7 Å². The van der Waals surface area contributed by atoms with Crippen LogP contribution >= 0.6 is 0 Å². The van der Waals surface area contributed by atoms with Gasteiger partial charge in [-0.3, -0.25) is 0 Å². The number of carboxylic acid groups (broad SMARTS) is 2. The Hall–Kier alpha value is -1.78. The standard InChI is InChI=1S/C9H11NO4.C4H10/c1-4-6(8(11)12)3-7(9(13)14)5(2)10-4;1-3-4-2/h10H,3H2,1-2H3,(H,11,12)(H,13,14);3-4H2,1-2H3. The SMILES string of the molecule is CC1=C(C(=O)O)CC(C(=O)O)=C(C)N1.CCCC. The van der Waals surface area contributed by atoms with Crippen LogP contribution in [0.15, 0.2) is 22.5 Å². The molecular formula is C13H21NO4. The van der Waals surface area contributed by atoms with Gasteiger partial charge < -0.3 is 15.5 Å². The summed E-state index contributed by atoms with van der Waals surface area (Å²) in [5, 5.41) is 20.3. The van der Waals surface area contributed by atoms with Crippen LogP contribution in [0.2, 0.25) is 0 Å². The van der Waals surface area contributed by atoms with Crippen LogP contribution in [0.4, 0.5) is 0 Å². The van der Waals surface area contributed by atoms with E-state index in [-0.39, 0.29) is 17.6 Å². The van der Waals surface area contributed by atoms with Crippen LogP contribution < -0.4 is 5.32 Å². The summed E-state index contributed by atoms with van der Waals surface area (Å²) in [4.78, 5) is 21.5. The van der Waals surface area contributed by atoms with Crippen molar-refractivity contribution in [3.8, 4) is 0 Å². The normalized spacial score (nSPS) is 14.7. The quantitative estimate of drug-likeness (QED) is 0.721. The van der Waals surface area contributed by atoms with Gasteiger partial charge in [0.25, 0.3) is 0 Å². The Morgan fingerprint density at radius 3 is 1.56 bits per heavy atom. The van der Waals surface area contributed by atoms with E-state index in [4.69, 9.17) is 10.2 Å². The third-order valence-corrected chi connectivity index (χ3v) is 2.65. The molecule has 0 aromatic rings. The smallest absolute Gasteiger partial charge is 0.333 e. The molecule has 0 unspecified atom stereocenters. The molecule has 0 saturated carbocycles. The number of carboxylic acids is 2. The maximum atomic E-state index is 10.7. The summed E-state index contributed by atoms with van der Waals surface area (Å²) in [5.41, 5.74) is 1.21. The topological polar surface area (TPSA) is 86.6 Å². The summed E-state index contributed by atoms with van der Waals surface area (Å²) in [6.07, 6.45) is 2.61. The fourth-order valence-corrected chi connectivity index (χ4v) is 1.35. The zero-order chi connectivity index (χ0) is 14.3. The number of aliphatic carboxylic acids is 2. The van der Waals surface area contributed by atoms with Gasteiger partial charge in [-0.05, 0) is 13.8 Å². The van der Waals surface area contributed by atoms with Crippen molar-refractivity contribution in [1.82, 2.24) is 5.32 Å². The van der Waals surface area contributed by atoms with Crippen molar-refractivity contribution in [2.24, 2.45) is 0 Å². The van der Waals surface area contributed by atoms with Gasteiger partial charge in [0.2, 0.25) is 0 Å². The van der Waals surface area contributed by atoms with E-state index in [1.807, 2.05) is 0 Å². The molecule has 1 heterocycles. The van der Waals surface area contributed by atoms with E-state index < -0.39 is 11.9 Å². The van der Waals surface area contributed by atoms with Gasteiger partial charge in [-0.15, -0.1) is 0 Å². The van der Waals surface area contributed by atoms with Crippen molar-refractivity contribution in [3.05, 3.63) is 22.5 Å². The van der Waals surface area contributed by atoms with Crippen molar-refractivity contribution >= 4 is 11.9 Å². The Morgan fingerprint density at radius 2 is 1.33 bits per heavy atom. The van der Waals surface area contributed by atoms with Crippen molar-refractivity contribution in [3.63, 3.8) is 0 Å². The lowest BCUT2D eigenvalue weighted by Crippen LogP contribution is -2.24. The van der Waals surface area contributed by atoms with Crippen molar-refractivity contribution in [1.29, 1.82) is 0 Å². The molecule has 0 fully saturated rings. The largest absolute Gasteiger partial charge is 0.478 e. The molecule has 0 aliphatic carbocycles. The molecule has 18 heavy (non-hydrogen) atoms. The van der Waals surface area contributed by atoms with E-state index in [0.717, 1.165) is 0 Å². The minimum atomic E-state index is -1.08. The number of rotatable bonds is 3. The summed E-state index contributed by atoms with van der Waals surface area (Å²) in [5.74, 6) is -2.16. The lowest BCUT2D eigenvalue weighted by Gasteiger charge is -2.19. The fourth-order valence-electron chi connectivity index (χ4n) is 1.35. The van der Waals surface area contributed by atoms with Crippen molar-refractivity contribution in [2.45, 2.75) is 47.0 Å². The van der Waals surface area contributed by atoms with Crippen LogP contribution in [0.25, 0.3) is 0 Å². The van der Waals surface area contributed by atoms with Gasteiger partial charge in [0, 0.05) is 17.8 Å². The molecule has 5 nitrogen and oxygen atoms in total. The first-order valence-electron chi connectivity index (χ1n) is 5.98. The molecule has 0 saturated heterocycles. The summed E-state index contributed by atoms with van der Waals surface area (Å²) in [6.45, 7) is 7.59. The predicted octanol–water partition coefficient (Wildman–Crippen LogP) is 2.50. The molecule has 5 heteroatoms. The van der Waals surface area contributed by atoms with Crippen LogP contribution in [0.1, 0.15) is 47.0 Å². The van der Waals surface area contributed by atoms with Gasteiger partial charge in [0.15, 0.2) is 0 Å². The Labute approximate surface area is 107 Å². The third kappa shape index (κ3) is 4.61. The molecule has 1 aliphatic rings. The lowest BCUT2D eigenvalue weighted by atomic mass is 9.98. The Morgan fingerprint density at radius 1 is 1.00 bits per heavy atom. The molecule has 0 spiro atoms. The number of carbonyl (C=O) groups is 2. The molecule has 1 aliphatic heterocycles. The zero-order valence-corrected chi connectivity index (χ0v) is 11.3. The van der Waals surface area contributed by atoms with Crippen molar-refractivity contribution < 1.29 is 19.8 Å². The number of dihydropyridines is 1. The molecule has 0 radical (unpaired) electrons. The number of allylic oxidation sites excluding steroid dienone is 2. The number of hydrogen-bond acceptors (Lipinski definition) is 3. The minimum Gasteiger partial charge on any atom is -0.478 e. The van der Waals surface area contributed by atoms with E-state index in [1.54, 1.807) is 13.8 Å². The molecule has 0 bridgehead atoms. The zero-order valence-electron chi connectivity index (χ0n) is 11.3. The average molecular weight is 255 g/mol. The molecule has 1 rings (SSSR count). The van der Waals surface area contributed by atoms with E-state index in [2.05, 4.69) is 19.2 Å². The highest BCUT2D eigenvalue weighted by atomic mass is 16.4. The first kappa shape index (κ1) is 16.2. The van der Waals surface area contributed by atoms with Crippen LogP contribution in [-0.2, 0) is 9.59 Å². The second-order valence-electron chi connectivity index (χ2n) is 4.12. The van der Waals surface area contributed by atoms with Gasteiger partial charge in [-0.2, -0.15) is 0 Å². The van der Waals surface area contributed by atoms with Gasteiger partial charge in [-0.25, -0.2) is 9.59 Å². The summed E-state index contributed by atoms with van der Waals surface area (Å²) in [7, 11) is 0. The Bertz CT molecular complexity index is 358. The average Bonchev–Trinajstić information content (AvgIpc) is 2.28. The van der Waals surface area contributed by atoms with Gasteiger partial charge >= 0.3 is 11.9 Å². The van der Waals surface area contributed by atoms with Crippen LogP contribution in [0.5, 0.6) is 0 Å². The summed E-state index contributed by atoms with van der Waals surface area (Å²) in [6, 6.07) is 0. The second-order valence-corrected chi connectivity index (χ2v) is 4.12. The molecular weight excluding hydrogens is 234 g/mol. The van der Waals surface area contributed by atoms with E-state index >= 15 is 0 Å². The molecule has 0 aromatic heterocycles. The first-order chi connectivity index (χ1) is 8.34. The molecule has 0 amide bonds.